The Balaban J connectivity index is 2.46. The smallest absolute Gasteiger partial charge is 0.322 e. The van der Waals surface area contributed by atoms with Gasteiger partial charge in [-0.15, -0.1) is 0 Å². The summed E-state index contributed by atoms with van der Waals surface area (Å²) >= 11 is 3.20. The van der Waals surface area contributed by atoms with Crippen LogP contribution < -0.4 is 10.5 Å². The number of nitrogens with zero attached hydrogens (tertiary/aromatic N) is 3. The van der Waals surface area contributed by atoms with Crippen LogP contribution in [0.2, 0.25) is 0 Å². The largest absolute Gasteiger partial charge is 0.417 e. The standard InChI is InChI=1S/C12H10BrN5O3/c1-6-4-7(13)5-9(18(19)20)10(6)21-12-16-3-2-8(17-12)11(14)15/h2-5H,1H3,(H3,14,15). The highest BCUT2D eigenvalue weighted by Gasteiger charge is 2.20. The fourth-order valence-corrected chi connectivity index (χ4v) is 2.17. The van der Waals surface area contributed by atoms with Crippen LogP contribution in [0.15, 0.2) is 28.9 Å². The van der Waals surface area contributed by atoms with Crippen LogP contribution in [-0.4, -0.2) is 20.7 Å². The molecule has 1 aromatic carbocycles. The van der Waals surface area contributed by atoms with Gasteiger partial charge >= 0.3 is 11.7 Å². The number of hydrogen-bond donors (Lipinski definition) is 2. The minimum Gasteiger partial charge on any atom is -0.417 e. The number of nitrogen functional groups attached to an aromatic ring is 1. The van der Waals surface area contributed by atoms with Gasteiger partial charge in [0.2, 0.25) is 5.75 Å². The van der Waals surface area contributed by atoms with Gasteiger partial charge in [0.15, 0.2) is 0 Å². The summed E-state index contributed by atoms with van der Waals surface area (Å²) in [4.78, 5) is 18.3. The summed E-state index contributed by atoms with van der Waals surface area (Å²) in [6.45, 7) is 1.67. The second-order valence-electron chi connectivity index (χ2n) is 4.07. The number of nitro groups is 1. The van der Waals surface area contributed by atoms with Crippen molar-refractivity contribution in [3.63, 3.8) is 0 Å². The molecule has 2 rings (SSSR count). The first-order valence-corrected chi connectivity index (χ1v) is 6.47. The van der Waals surface area contributed by atoms with Crippen molar-refractivity contribution in [1.29, 1.82) is 5.41 Å². The third-order valence-electron chi connectivity index (χ3n) is 2.52. The lowest BCUT2D eigenvalue weighted by atomic mass is 10.2. The Morgan fingerprint density at radius 2 is 2.24 bits per heavy atom. The summed E-state index contributed by atoms with van der Waals surface area (Å²) in [6.07, 6.45) is 1.36. The molecular formula is C12H10BrN5O3. The molecule has 2 aromatic rings. The van der Waals surface area contributed by atoms with Crippen LogP contribution in [0.3, 0.4) is 0 Å². The van der Waals surface area contributed by atoms with Gasteiger partial charge < -0.3 is 10.5 Å². The van der Waals surface area contributed by atoms with Gasteiger partial charge in [0.05, 0.1) is 4.92 Å². The van der Waals surface area contributed by atoms with Gasteiger partial charge in [-0.1, -0.05) is 15.9 Å². The summed E-state index contributed by atoms with van der Waals surface area (Å²) in [5.74, 6) is -0.201. The van der Waals surface area contributed by atoms with Crippen LogP contribution in [0.4, 0.5) is 5.69 Å². The van der Waals surface area contributed by atoms with Gasteiger partial charge in [0.1, 0.15) is 11.5 Å². The third-order valence-corrected chi connectivity index (χ3v) is 2.98. The van der Waals surface area contributed by atoms with Gasteiger partial charge in [0, 0.05) is 22.3 Å². The Kier molecular flexibility index (Phi) is 4.13. The number of aryl methyl sites for hydroxylation is 1. The summed E-state index contributed by atoms with van der Waals surface area (Å²) in [6, 6.07) is 4.34. The van der Waals surface area contributed by atoms with Gasteiger partial charge in [-0.25, -0.2) is 4.98 Å². The van der Waals surface area contributed by atoms with Crippen LogP contribution >= 0.6 is 15.9 Å². The first kappa shape index (κ1) is 14.9. The Labute approximate surface area is 127 Å². The molecule has 1 aromatic heterocycles. The highest BCUT2D eigenvalue weighted by molar-refractivity contribution is 9.10. The molecule has 0 unspecified atom stereocenters. The monoisotopic (exact) mass is 351 g/mol. The van der Waals surface area contributed by atoms with Crippen LogP contribution in [0.25, 0.3) is 0 Å². The van der Waals surface area contributed by atoms with Crippen molar-refractivity contribution in [3.05, 3.63) is 50.2 Å². The number of nitrogens with one attached hydrogen (secondary N) is 1. The molecule has 1 heterocycles. The molecule has 21 heavy (non-hydrogen) atoms. The number of halogens is 1. The molecule has 0 aliphatic rings. The molecule has 108 valence electrons. The van der Waals surface area contributed by atoms with Gasteiger partial charge in [-0.3, -0.25) is 15.5 Å². The number of rotatable bonds is 4. The number of hydrogen-bond acceptors (Lipinski definition) is 6. The quantitative estimate of drug-likeness (QED) is 0.377. The molecule has 0 bridgehead atoms. The van der Waals surface area contributed by atoms with Crippen LogP contribution in [0, 0.1) is 22.4 Å². The SMILES string of the molecule is Cc1cc(Br)cc([N+](=O)[O-])c1Oc1nccc(C(=N)N)n1. The highest BCUT2D eigenvalue weighted by Crippen LogP contribution is 2.36. The average molecular weight is 352 g/mol. The minimum absolute atomic E-state index is 0.0453. The summed E-state index contributed by atoms with van der Waals surface area (Å²) in [5, 5.41) is 18.4. The van der Waals surface area contributed by atoms with Crippen molar-refractivity contribution in [2.45, 2.75) is 6.92 Å². The van der Waals surface area contributed by atoms with E-state index in [2.05, 4.69) is 25.9 Å². The molecule has 0 aliphatic carbocycles. The van der Waals surface area contributed by atoms with E-state index in [0.717, 1.165) is 0 Å². The number of nitrogens with two attached hydrogens (primary N) is 1. The lowest BCUT2D eigenvalue weighted by Gasteiger charge is -2.08. The van der Waals surface area contributed by atoms with E-state index >= 15 is 0 Å². The molecule has 9 heteroatoms. The maximum atomic E-state index is 11.1. The van der Waals surface area contributed by atoms with E-state index in [1.54, 1.807) is 13.0 Å². The van der Waals surface area contributed by atoms with E-state index in [4.69, 9.17) is 15.9 Å². The normalized spacial score (nSPS) is 10.2. The number of aromatic nitrogens is 2. The Hall–Kier alpha value is -2.55. The number of benzene rings is 1. The molecular weight excluding hydrogens is 342 g/mol. The molecule has 3 N–H and O–H groups in total. The summed E-state index contributed by atoms with van der Waals surface area (Å²) in [7, 11) is 0. The summed E-state index contributed by atoms with van der Waals surface area (Å²) < 4.78 is 5.98. The second kappa shape index (κ2) is 5.83. The highest BCUT2D eigenvalue weighted by atomic mass is 79.9. The fraction of sp³-hybridized carbons (Fsp3) is 0.0833. The summed E-state index contributed by atoms with van der Waals surface area (Å²) in [5.41, 5.74) is 5.84. The third kappa shape index (κ3) is 3.31. The van der Waals surface area contributed by atoms with E-state index in [-0.39, 0.29) is 29.0 Å². The van der Waals surface area contributed by atoms with Crippen LogP contribution in [0.1, 0.15) is 11.3 Å². The minimum atomic E-state index is -0.554. The van der Waals surface area contributed by atoms with E-state index in [9.17, 15) is 10.1 Å². The van der Waals surface area contributed by atoms with Crippen molar-refractivity contribution in [1.82, 2.24) is 9.97 Å². The van der Waals surface area contributed by atoms with Crippen molar-refractivity contribution in [3.8, 4) is 11.8 Å². The fourth-order valence-electron chi connectivity index (χ4n) is 1.61. The first-order valence-electron chi connectivity index (χ1n) is 5.68. The zero-order valence-electron chi connectivity index (χ0n) is 10.8. The maximum Gasteiger partial charge on any atom is 0.322 e. The zero-order chi connectivity index (χ0) is 15.6. The van der Waals surface area contributed by atoms with Gasteiger partial charge in [-0.05, 0) is 19.1 Å². The molecule has 0 radical (unpaired) electrons. The average Bonchev–Trinajstić information content (AvgIpc) is 2.41. The molecule has 0 atom stereocenters. The second-order valence-corrected chi connectivity index (χ2v) is 4.98. The van der Waals surface area contributed by atoms with E-state index < -0.39 is 4.92 Å². The van der Waals surface area contributed by atoms with E-state index in [1.165, 1.54) is 18.3 Å². The van der Waals surface area contributed by atoms with Gasteiger partial charge in [0.25, 0.3) is 0 Å². The van der Waals surface area contributed by atoms with E-state index in [1.807, 2.05) is 0 Å². The molecule has 0 aliphatic heterocycles. The number of amidine groups is 1. The molecule has 0 amide bonds. The molecule has 8 nitrogen and oxygen atoms in total. The predicted molar refractivity (Wildman–Crippen MR) is 78.7 cm³/mol. The van der Waals surface area contributed by atoms with Crippen molar-refractivity contribution in [2.75, 3.05) is 0 Å². The van der Waals surface area contributed by atoms with E-state index in [0.29, 0.717) is 10.0 Å². The predicted octanol–water partition coefficient (Wildman–Crippen LogP) is 2.53. The maximum absolute atomic E-state index is 11.1. The Morgan fingerprint density at radius 3 is 2.86 bits per heavy atom. The zero-order valence-corrected chi connectivity index (χ0v) is 12.4. The van der Waals surface area contributed by atoms with Gasteiger partial charge in [-0.2, -0.15) is 4.98 Å². The van der Waals surface area contributed by atoms with Crippen molar-refractivity contribution >= 4 is 27.5 Å². The molecule has 0 spiro atoms. The van der Waals surface area contributed by atoms with Crippen molar-refractivity contribution in [2.24, 2.45) is 5.73 Å². The lowest BCUT2D eigenvalue weighted by Crippen LogP contribution is -2.13. The molecule has 0 saturated heterocycles. The Bertz CT molecular complexity index is 735. The number of ether oxygens (including phenoxy) is 1. The van der Waals surface area contributed by atoms with Crippen molar-refractivity contribution < 1.29 is 9.66 Å². The first-order chi connectivity index (χ1) is 9.88. The topological polar surface area (TPSA) is 128 Å². The molecule has 0 fully saturated rings. The van der Waals surface area contributed by atoms with Crippen LogP contribution in [-0.2, 0) is 0 Å². The Morgan fingerprint density at radius 1 is 1.52 bits per heavy atom. The number of nitro benzene ring substituents is 1. The molecule has 0 saturated carbocycles. The van der Waals surface area contributed by atoms with Crippen LogP contribution in [0.5, 0.6) is 11.8 Å². The lowest BCUT2D eigenvalue weighted by molar-refractivity contribution is -0.385.